The van der Waals surface area contributed by atoms with E-state index in [1.807, 2.05) is 31.3 Å². The number of piperidine rings is 1. The number of phenolic OH excluding ortho intramolecular Hbond substituents is 1. The third-order valence-corrected chi connectivity index (χ3v) is 5.38. The summed E-state index contributed by atoms with van der Waals surface area (Å²) in [6.07, 6.45) is 0.599. The van der Waals surface area contributed by atoms with E-state index >= 15 is 0 Å². The lowest BCUT2D eigenvalue weighted by molar-refractivity contribution is -0.0274. The van der Waals surface area contributed by atoms with Crippen LogP contribution in [0.15, 0.2) is 30.3 Å². The van der Waals surface area contributed by atoms with E-state index in [1.54, 1.807) is 0 Å². The first-order chi connectivity index (χ1) is 13.4. The predicted molar refractivity (Wildman–Crippen MR) is 102 cm³/mol. The highest BCUT2D eigenvalue weighted by Gasteiger charge is 2.30. The highest BCUT2D eigenvalue weighted by molar-refractivity contribution is 5.75. The second kappa shape index (κ2) is 7.48. The number of imidazole rings is 1. The topological polar surface area (TPSA) is 61.4 Å². The number of aromatic amines is 1. The lowest BCUT2D eigenvalue weighted by Gasteiger charge is -2.31. The van der Waals surface area contributed by atoms with Crippen molar-refractivity contribution in [1.82, 2.24) is 14.9 Å². The highest BCUT2D eigenvalue weighted by atomic mass is 19.1. The Balaban J connectivity index is 1.77. The van der Waals surface area contributed by atoms with Gasteiger partial charge in [-0.2, -0.15) is 0 Å². The van der Waals surface area contributed by atoms with Gasteiger partial charge in [0.05, 0.1) is 17.1 Å². The molecule has 0 radical (unpaired) electrons. The summed E-state index contributed by atoms with van der Waals surface area (Å²) in [6, 6.07) is 8.59. The average molecular weight is 387 g/mol. The Morgan fingerprint density at radius 1 is 1.25 bits per heavy atom. The second-order valence-corrected chi connectivity index (χ2v) is 7.39. The smallest absolute Gasteiger partial charge is 0.171 e. The zero-order chi connectivity index (χ0) is 19.8. The molecule has 148 valence electrons. The van der Waals surface area contributed by atoms with Gasteiger partial charge < -0.3 is 19.7 Å². The van der Waals surface area contributed by atoms with Crippen molar-refractivity contribution in [2.45, 2.75) is 32.0 Å². The number of aromatic nitrogens is 2. The highest BCUT2D eigenvalue weighted by Crippen LogP contribution is 2.37. The molecule has 1 saturated heterocycles. The Kier molecular flexibility index (Phi) is 5.03. The molecule has 4 rings (SSSR count). The predicted octanol–water partition coefficient (Wildman–Crippen LogP) is 4.06. The fourth-order valence-corrected chi connectivity index (χ4v) is 3.62. The van der Waals surface area contributed by atoms with E-state index in [2.05, 4.69) is 14.9 Å². The minimum absolute atomic E-state index is 0.0404. The Bertz CT molecular complexity index is 964. The van der Waals surface area contributed by atoms with Crippen LogP contribution in [0.4, 0.5) is 8.78 Å². The van der Waals surface area contributed by atoms with Crippen molar-refractivity contribution in [1.29, 1.82) is 0 Å². The van der Waals surface area contributed by atoms with E-state index in [-0.39, 0.29) is 17.2 Å². The molecule has 1 fully saturated rings. The molecule has 0 bridgehead atoms. The van der Waals surface area contributed by atoms with E-state index in [1.165, 1.54) is 6.92 Å². The molecule has 2 heterocycles. The number of hydrogen-bond acceptors (Lipinski definition) is 4. The van der Waals surface area contributed by atoms with Gasteiger partial charge >= 0.3 is 0 Å². The van der Waals surface area contributed by atoms with Crippen LogP contribution >= 0.6 is 0 Å². The molecule has 1 aromatic heterocycles. The summed E-state index contributed by atoms with van der Waals surface area (Å²) < 4.78 is 34.9. The van der Waals surface area contributed by atoms with Crippen LogP contribution in [-0.4, -0.2) is 46.2 Å². The molecular weight excluding hydrogens is 364 g/mol. The number of nitrogens with zero attached hydrogens (tertiary/aromatic N) is 2. The molecular formula is C21H23F2N3O2. The first kappa shape index (κ1) is 18.8. The average Bonchev–Trinajstić information content (AvgIpc) is 3.13. The van der Waals surface area contributed by atoms with Crippen LogP contribution in [0.2, 0.25) is 0 Å². The number of aromatic hydroxyl groups is 1. The number of halogens is 2. The van der Waals surface area contributed by atoms with Crippen LogP contribution in [0.25, 0.3) is 11.0 Å². The summed E-state index contributed by atoms with van der Waals surface area (Å²) >= 11 is 0. The van der Waals surface area contributed by atoms with Gasteiger partial charge in [-0.3, -0.25) is 0 Å². The Morgan fingerprint density at radius 3 is 2.68 bits per heavy atom. The SMILES string of the molecule is Cc1c(F)cc(C(OC2CCN(C)CC2)c2nc3ccccc3[nH]2)c(O)c1F. The largest absolute Gasteiger partial charge is 0.505 e. The van der Waals surface area contributed by atoms with Gasteiger partial charge in [0.15, 0.2) is 11.6 Å². The number of fused-ring (bicyclic) bond motifs is 1. The van der Waals surface area contributed by atoms with Crippen LogP contribution < -0.4 is 0 Å². The summed E-state index contributed by atoms with van der Waals surface area (Å²) in [7, 11) is 2.05. The third kappa shape index (κ3) is 3.47. The van der Waals surface area contributed by atoms with Crippen molar-refractivity contribution in [3.8, 4) is 5.75 Å². The van der Waals surface area contributed by atoms with E-state index in [0.29, 0.717) is 5.82 Å². The van der Waals surface area contributed by atoms with Gasteiger partial charge in [-0.05, 0) is 45.0 Å². The summed E-state index contributed by atoms with van der Waals surface area (Å²) in [5, 5.41) is 10.4. The van der Waals surface area contributed by atoms with Gasteiger partial charge in [0.1, 0.15) is 17.7 Å². The van der Waals surface area contributed by atoms with Crippen molar-refractivity contribution in [2.24, 2.45) is 0 Å². The van der Waals surface area contributed by atoms with Crippen LogP contribution in [0.1, 0.15) is 35.9 Å². The Hall–Kier alpha value is -2.51. The summed E-state index contributed by atoms with van der Waals surface area (Å²) in [5.41, 5.74) is 1.34. The van der Waals surface area contributed by atoms with Crippen molar-refractivity contribution in [3.05, 3.63) is 58.9 Å². The monoisotopic (exact) mass is 387 g/mol. The normalized spacial score (nSPS) is 17.3. The van der Waals surface area contributed by atoms with E-state index in [0.717, 1.165) is 43.0 Å². The molecule has 28 heavy (non-hydrogen) atoms. The Morgan fingerprint density at radius 2 is 1.96 bits per heavy atom. The zero-order valence-electron chi connectivity index (χ0n) is 15.9. The minimum atomic E-state index is -0.969. The maximum Gasteiger partial charge on any atom is 0.171 e. The summed E-state index contributed by atoms with van der Waals surface area (Å²) in [5.74, 6) is -1.88. The number of nitrogens with one attached hydrogen (secondary N) is 1. The van der Waals surface area contributed by atoms with E-state index in [9.17, 15) is 13.9 Å². The Labute approximate surface area is 162 Å². The van der Waals surface area contributed by atoms with Gasteiger partial charge in [-0.15, -0.1) is 0 Å². The quantitative estimate of drug-likeness (QED) is 0.709. The summed E-state index contributed by atoms with van der Waals surface area (Å²) in [6.45, 7) is 3.04. The number of H-pyrrole nitrogens is 1. The molecule has 0 saturated carbocycles. The van der Waals surface area contributed by atoms with Crippen molar-refractivity contribution >= 4 is 11.0 Å². The molecule has 2 N–H and O–H groups in total. The fourth-order valence-electron chi connectivity index (χ4n) is 3.62. The lowest BCUT2D eigenvalue weighted by atomic mass is 10.0. The molecule has 5 nitrogen and oxygen atoms in total. The molecule has 1 aliphatic heterocycles. The number of para-hydroxylation sites is 2. The van der Waals surface area contributed by atoms with Crippen LogP contribution in [0.5, 0.6) is 5.75 Å². The lowest BCUT2D eigenvalue weighted by Crippen LogP contribution is -2.35. The first-order valence-corrected chi connectivity index (χ1v) is 9.40. The zero-order valence-corrected chi connectivity index (χ0v) is 15.9. The molecule has 1 unspecified atom stereocenters. The van der Waals surface area contributed by atoms with Crippen molar-refractivity contribution in [3.63, 3.8) is 0 Å². The second-order valence-electron chi connectivity index (χ2n) is 7.39. The van der Waals surface area contributed by atoms with Gasteiger partial charge in [0, 0.05) is 24.2 Å². The number of rotatable bonds is 4. The molecule has 0 spiro atoms. The molecule has 3 aromatic rings. The third-order valence-electron chi connectivity index (χ3n) is 5.38. The van der Waals surface area contributed by atoms with Crippen molar-refractivity contribution in [2.75, 3.05) is 20.1 Å². The standard InChI is InChI=1S/C21H23F2N3O2/c1-12-15(22)11-14(19(27)18(12)23)20(28-13-7-9-26(2)10-8-13)21-24-16-5-3-4-6-17(16)25-21/h3-6,11,13,20,27H,7-10H2,1-2H3,(H,24,25). The van der Waals surface area contributed by atoms with Gasteiger partial charge in [0.2, 0.25) is 0 Å². The number of phenols is 1. The van der Waals surface area contributed by atoms with Gasteiger partial charge in [-0.1, -0.05) is 12.1 Å². The number of hydrogen-bond donors (Lipinski definition) is 2. The summed E-state index contributed by atoms with van der Waals surface area (Å²) in [4.78, 5) is 9.92. The minimum Gasteiger partial charge on any atom is -0.505 e. The maximum absolute atomic E-state index is 14.4. The van der Waals surface area contributed by atoms with Crippen LogP contribution in [-0.2, 0) is 4.74 Å². The van der Waals surface area contributed by atoms with Gasteiger partial charge in [0.25, 0.3) is 0 Å². The number of benzene rings is 2. The van der Waals surface area contributed by atoms with E-state index in [4.69, 9.17) is 4.74 Å². The first-order valence-electron chi connectivity index (χ1n) is 9.40. The van der Waals surface area contributed by atoms with Crippen LogP contribution in [0.3, 0.4) is 0 Å². The van der Waals surface area contributed by atoms with Crippen LogP contribution in [0, 0.1) is 18.6 Å². The molecule has 0 amide bonds. The fraction of sp³-hybridized carbons (Fsp3) is 0.381. The molecule has 1 atom stereocenters. The molecule has 2 aromatic carbocycles. The molecule has 7 heteroatoms. The molecule has 1 aliphatic rings. The number of ether oxygens (including phenoxy) is 1. The van der Waals surface area contributed by atoms with Gasteiger partial charge in [-0.25, -0.2) is 13.8 Å². The maximum atomic E-state index is 14.4. The number of likely N-dealkylation sites (tertiary alicyclic amines) is 1. The molecule has 0 aliphatic carbocycles. The van der Waals surface area contributed by atoms with Crippen molar-refractivity contribution < 1.29 is 18.6 Å². The van der Waals surface area contributed by atoms with E-state index < -0.39 is 23.5 Å².